The maximum Gasteiger partial charge on any atom is 0.315 e. The van der Waals surface area contributed by atoms with Gasteiger partial charge >= 0.3 is 5.97 Å². The Kier molecular flexibility index (Phi) is 9.35. The maximum atomic E-state index is 11.4. The van der Waals surface area contributed by atoms with Gasteiger partial charge in [0.05, 0.1) is 12.4 Å². The van der Waals surface area contributed by atoms with E-state index in [0.717, 1.165) is 18.2 Å². The molecule has 0 saturated heterocycles. The second kappa shape index (κ2) is 10.6. The fourth-order valence-electron chi connectivity index (χ4n) is 2.70. The van der Waals surface area contributed by atoms with Crippen molar-refractivity contribution in [2.75, 3.05) is 24.7 Å². The molecule has 0 amide bonds. The molecule has 0 spiro atoms. The highest BCUT2D eigenvalue weighted by Gasteiger charge is 2.23. The summed E-state index contributed by atoms with van der Waals surface area (Å²) >= 11 is 1.72. The Hall–Kier alpha value is -0.220. The lowest BCUT2D eigenvalue weighted by atomic mass is 9.84. The Bertz CT molecular complexity index is 242. The molecule has 4 heteroatoms. The number of thioether (sulfide) groups is 1. The lowest BCUT2D eigenvalue weighted by molar-refractivity contribution is -0.139. The minimum absolute atomic E-state index is 0.0783. The topological polar surface area (TPSA) is 38.3 Å². The highest BCUT2D eigenvalue weighted by Crippen LogP contribution is 2.28. The van der Waals surface area contributed by atoms with Crippen LogP contribution < -0.4 is 5.32 Å². The summed E-state index contributed by atoms with van der Waals surface area (Å²) in [7, 11) is 0. The molecule has 0 heterocycles. The van der Waals surface area contributed by atoms with Crippen molar-refractivity contribution in [1.82, 2.24) is 5.32 Å². The van der Waals surface area contributed by atoms with Crippen LogP contribution in [-0.4, -0.2) is 36.7 Å². The second-order valence-electron chi connectivity index (χ2n) is 5.28. The van der Waals surface area contributed by atoms with E-state index in [2.05, 4.69) is 12.2 Å². The zero-order valence-corrected chi connectivity index (χ0v) is 13.3. The molecule has 1 saturated carbocycles. The van der Waals surface area contributed by atoms with Gasteiger partial charge in [-0.1, -0.05) is 26.2 Å². The lowest BCUT2D eigenvalue weighted by Gasteiger charge is -2.31. The number of carbonyl (C=O) groups is 1. The molecule has 19 heavy (non-hydrogen) atoms. The number of nitrogens with one attached hydrogen (secondary N) is 1. The molecule has 1 aliphatic rings. The molecule has 0 aromatic carbocycles. The normalized spacial score (nSPS) is 18.2. The molecule has 0 aromatic rings. The standard InChI is InChI=1S/C15H29NO2S/c1-3-10-16-14(13-8-6-5-7-9-13)11-19-12-15(17)18-4-2/h13-14,16H,3-12H2,1-2H3. The van der Waals surface area contributed by atoms with Gasteiger partial charge in [-0.05, 0) is 38.6 Å². The minimum atomic E-state index is -0.0783. The Morgan fingerprint density at radius 2 is 2.05 bits per heavy atom. The zero-order chi connectivity index (χ0) is 13.9. The van der Waals surface area contributed by atoms with Gasteiger partial charge in [0.25, 0.3) is 0 Å². The van der Waals surface area contributed by atoms with E-state index < -0.39 is 0 Å². The van der Waals surface area contributed by atoms with Gasteiger partial charge in [-0.2, -0.15) is 0 Å². The van der Waals surface area contributed by atoms with Crippen LogP contribution in [0.4, 0.5) is 0 Å². The smallest absolute Gasteiger partial charge is 0.315 e. The second-order valence-corrected chi connectivity index (χ2v) is 6.31. The summed E-state index contributed by atoms with van der Waals surface area (Å²) in [5.74, 6) is 2.24. The number of hydrogen-bond acceptors (Lipinski definition) is 4. The fourth-order valence-corrected chi connectivity index (χ4v) is 3.71. The average molecular weight is 287 g/mol. The molecule has 0 radical (unpaired) electrons. The number of carbonyl (C=O) groups excluding carboxylic acids is 1. The fraction of sp³-hybridized carbons (Fsp3) is 0.933. The third-order valence-corrected chi connectivity index (χ3v) is 4.73. The van der Waals surface area contributed by atoms with E-state index in [-0.39, 0.29) is 5.97 Å². The largest absolute Gasteiger partial charge is 0.465 e. The van der Waals surface area contributed by atoms with Gasteiger partial charge < -0.3 is 10.1 Å². The minimum Gasteiger partial charge on any atom is -0.465 e. The van der Waals surface area contributed by atoms with Crippen molar-refractivity contribution >= 4 is 17.7 Å². The van der Waals surface area contributed by atoms with E-state index in [1.54, 1.807) is 11.8 Å². The molecule has 112 valence electrons. The van der Waals surface area contributed by atoms with Gasteiger partial charge in [0.2, 0.25) is 0 Å². The van der Waals surface area contributed by atoms with Crippen molar-refractivity contribution in [2.24, 2.45) is 5.92 Å². The molecule has 1 aliphatic carbocycles. The zero-order valence-electron chi connectivity index (χ0n) is 12.5. The van der Waals surface area contributed by atoms with E-state index >= 15 is 0 Å². The molecule has 3 nitrogen and oxygen atoms in total. The number of esters is 1. The van der Waals surface area contributed by atoms with Crippen molar-refractivity contribution in [3.05, 3.63) is 0 Å². The first-order valence-corrected chi connectivity index (χ1v) is 8.90. The van der Waals surface area contributed by atoms with Crippen molar-refractivity contribution in [1.29, 1.82) is 0 Å². The summed E-state index contributed by atoms with van der Waals surface area (Å²) in [6.07, 6.45) is 8.01. The summed E-state index contributed by atoms with van der Waals surface area (Å²) in [4.78, 5) is 11.4. The Morgan fingerprint density at radius 3 is 2.68 bits per heavy atom. The summed E-state index contributed by atoms with van der Waals surface area (Å²) in [6, 6.07) is 0.569. The van der Waals surface area contributed by atoms with E-state index in [0.29, 0.717) is 18.4 Å². The molecule has 0 aliphatic heterocycles. The average Bonchev–Trinajstić information content (AvgIpc) is 2.44. The first kappa shape index (κ1) is 16.8. The van der Waals surface area contributed by atoms with Crippen LogP contribution in [0.3, 0.4) is 0 Å². The van der Waals surface area contributed by atoms with E-state index in [9.17, 15) is 4.79 Å². The molecule has 1 fully saturated rings. The van der Waals surface area contributed by atoms with Crippen LogP contribution in [0.15, 0.2) is 0 Å². The SMILES string of the molecule is CCCNC(CSCC(=O)OCC)C1CCCCC1. The van der Waals surface area contributed by atoms with Crippen molar-refractivity contribution in [3.63, 3.8) is 0 Å². The van der Waals surface area contributed by atoms with E-state index in [4.69, 9.17) is 4.74 Å². The van der Waals surface area contributed by atoms with Gasteiger partial charge in [-0.15, -0.1) is 11.8 Å². The summed E-state index contributed by atoms with van der Waals surface area (Å²) in [5, 5.41) is 3.67. The molecule has 1 N–H and O–H groups in total. The van der Waals surface area contributed by atoms with Crippen LogP contribution in [-0.2, 0) is 9.53 Å². The quantitative estimate of drug-likeness (QED) is 0.661. The van der Waals surface area contributed by atoms with Gasteiger partial charge in [0, 0.05) is 11.8 Å². The molecule has 1 atom stereocenters. The van der Waals surface area contributed by atoms with Gasteiger partial charge in [0.1, 0.15) is 0 Å². The maximum absolute atomic E-state index is 11.4. The summed E-state index contributed by atoms with van der Waals surface area (Å²) in [5.41, 5.74) is 0. The lowest BCUT2D eigenvalue weighted by Crippen LogP contribution is -2.40. The van der Waals surface area contributed by atoms with Gasteiger partial charge in [-0.25, -0.2) is 0 Å². The highest BCUT2D eigenvalue weighted by atomic mass is 32.2. The monoisotopic (exact) mass is 287 g/mol. The highest BCUT2D eigenvalue weighted by molar-refractivity contribution is 7.99. The molecule has 1 unspecified atom stereocenters. The van der Waals surface area contributed by atoms with E-state index in [1.807, 2.05) is 6.92 Å². The molecular formula is C15H29NO2S. The Morgan fingerprint density at radius 1 is 1.32 bits per heavy atom. The van der Waals surface area contributed by atoms with Crippen LogP contribution in [0, 0.1) is 5.92 Å². The number of ether oxygens (including phenoxy) is 1. The van der Waals surface area contributed by atoms with Crippen LogP contribution in [0.2, 0.25) is 0 Å². The predicted molar refractivity (Wildman–Crippen MR) is 82.6 cm³/mol. The van der Waals surface area contributed by atoms with Crippen LogP contribution in [0.1, 0.15) is 52.4 Å². The van der Waals surface area contributed by atoms with Gasteiger partial charge in [0.15, 0.2) is 0 Å². The first-order valence-electron chi connectivity index (χ1n) is 7.74. The molecule has 0 bridgehead atoms. The van der Waals surface area contributed by atoms with Crippen LogP contribution >= 0.6 is 11.8 Å². The molecule has 1 rings (SSSR count). The Labute approximate surface area is 122 Å². The van der Waals surface area contributed by atoms with Crippen molar-refractivity contribution < 1.29 is 9.53 Å². The summed E-state index contributed by atoms with van der Waals surface area (Å²) in [6.45, 7) is 5.63. The number of rotatable bonds is 9. The first-order chi connectivity index (χ1) is 9.27. The predicted octanol–water partition coefficient (Wildman–Crippen LogP) is 3.23. The van der Waals surface area contributed by atoms with Crippen LogP contribution in [0.5, 0.6) is 0 Å². The van der Waals surface area contributed by atoms with E-state index in [1.165, 1.54) is 38.5 Å². The molecular weight excluding hydrogens is 258 g/mol. The Balaban J connectivity index is 2.29. The molecule has 0 aromatic heterocycles. The van der Waals surface area contributed by atoms with Crippen molar-refractivity contribution in [2.45, 2.75) is 58.4 Å². The third-order valence-electron chi connectivity index (χ3n) is 3.70. The third kappa shape index (κ3) is 7.21. The van der Waals surface area contributed by atoms with Crippen LogP contribution in [0.25, 0.3) is 0 Å². The van der Waals surface area contributed by atoms with Crippen molar-refractivity contribution in [3.8, 4) is 0 Å². The van der Waals surface area contributed by atoms with Gasteiger partial charge in [-0.3, -0.25) is 4.79 Å². The number of hydrogen-bond donors (Lipinski definition) is 1. The summed E-state index contributed by atoms with van der Waals surface area (Å²) < 4.78 is 4.97.